The third-order valence-electron chi connectivity index (χ3n) is 2.55. The maximum absolute atomic E-state index is 12.3. The Morgan fingerprint density at radius 2 is 1.72 bits per heavy atom. The quantitative estimate of drug-likeness (QED) is 0.869. The Morgan fingerprint density at radius 1 is 1.11 bits per heavy atom. The lowest BCUT2D eigenvalue weighted by Crippen LogP contribution is -2.13. The number of hydrogen-bond acceptors (Lipinski definition) is 4. The lowest BCUT2D eigenvalue weighted by molar-refractivity contribution is 0.319. The molecule has 2 N–H and O–H groups in total. The van der Waals surface area contributed by atoms with Crippen molar-refractivity contribution >= 4 is 12.4 Å². The van der Waals surface area contributed by atoms with Gasteiger partial charge in [0.2, 0.25) is 5.75 Å². The molecule has 1 atom stereocenters. The molecule has 1 aromatic rings. The van der Waals surface area contributed by atoms with Gasteiger partial charge >= 0.3 is 0 Å². The van der Waals surface area contributed by atoms with Crippen molar-refractivity contribution in [3.8, 4) is 17.2 Å². The lowest BCUT2D eigenvalue weighted by Gasteiger charge is -2.18. The van der Waals surface area contributed by atoms with Crippen LogP contribution in [0.4, 0.5) is 4.39 Å². The fourth-order valence-corrected chi connectivity index (χ4v) is 1.69. The zero-order valence-corrected chi connectivity index (χ0v) is 11.6. The molecule has 1 aromatic carbocycles. The van der Waals surface area contributed by atoms with Crippen LogP contribution in [0.5, 0.6) is 17.2 Å². The monoisotopic (exact) mass is 279 g/mol. The van der Waals surface area contributed by atoms with E-state index in [9.17, 15) is 4.39 Å². The minimum absolute atomic E-state index is 0. The van der Waals surface area contributed by atoms with Crippen molar-refractivity contribution in [2.24, 2.45) is 5.73 Å². The summed E-state index contributed by atoms with van der Waals surface area (Å²) in [6.07, 6.45) is 0.242. The second-order valence-electron chi connectivity index (χ2n) is 3.51. The zero-order chi connectivity index (χ0) is 12.8. The van der Waals surface area contributed by atoms with Crippen molar-refractivity contribution in [2.45, 2.75) is 12.5 Å². The first-order valence-electron chi connectivity index (χ1n) is 5.30. The second-order valence-corrected chi connectivity index (χ2v) is 3.51. The van der Waals surface area contributed by atoms with Crippen LogP contribution in [-0.4, -0.2) is 28.0 Å². The van der Waals surface area contributed by atoms with Crippen molar-refractivity contribution in [1.82, 2.24) is 0 Å². The predicted molar refractivity (Wildman–Crippen MR) is 70.9 cm³/mol. The first-order valence-corrected chi connectivity index (χ1v) is 5.30. The minimum atomic E-state index is -0.474. The Labute approximate surface area is 113 Å². The summed E-state index contributed by atoms with van der Waals surface area (Å²) >= 11 is 0. The fourth-order valence-electron chi connectivity index (χ4n) is 1.69. The minimum Gasteiger partial charge on any atom is -0.493 e. The van der Waals surface area contributed by atoms with E-state index in [1.165, 1.54) is 14.2 Å². The number of nitrogens with two attached hydrogens (primary N) is 1. The summed E-state index contributed by atoms with van der Waals surface area (Å²) in [5, 5.41) is 0. The van der Waals surface area contributed by atoms with E-state index in [-0.39, 0.29) is 18.8 Å². The third-order valence-corrected chi connectivity index (χ3v) is 2.55. The smallest absolute Gasteiger partial charge is 0.203 e. The Hall–Kier alpha value is -1.20. The van der Waals surface area contributed by atoms with Gasteiger partial charge in [-0.1, -0.05) is 0 Å². The number of methoxy groups -OCH3 is 3. The van der Waals surface area contributed by atoms with E-state index < -0.39 is 12.7 Å². The molecular weight excluding hydrogens is 261 g/mol. The number of halogens is 2. The zero-order valence-electron chi connectivity index (χ0n) is 10.7. The molecule has 1 rings (SSSR count). The summed E-state index contributed by atoms with van der Waals surface area (Å²) < 4.78 is 28.0. The van der Waals surface area contributed by atoms with E-state index >= 15 is 0 Å². The van der Waals surface area contributed by atoms with Crippen LogP contribution < -0.4 is 19.9 Å². The predicted octanol–water partition coefficient (Wildman–Crippen LogP) is 2.49. The molecule has 0 spiro atoms. The van der Waals surface area contributed by atoms with Crippen LogP contribution in [0.15, 0.2) is 12.1 Å². The number of rotatable bonds is 6. The molecule has 0 aliphatic heterocycles. The molecular formula is C12H19ClFNO3. The third kappa shape index (κ3) is 3.40. The van der Waals surface area contributed by atoms with Gasteiger partial charge in [0, 0.05) is 11.6 Å². The van der Waals surface area contributed by atoms with Gasteiger partial charge in [0.15, 0.2) is 11.5 Å². The topological polar surface area (TPSA) is 53.7 Å². The Bertz CT molecular complexity index is 377. The van der Waals surface area contributed by atoms with E-state index in [1.807, 2.05) is 0 Å². The highest BCUT2D eigenvalue weighted by molar-refractivity contribution is 5.85. The highest BCUT2D eigenvalue weighted by Gasteiger charge is 2.19. The molecule has 0 bridgehead atoms. The maximum atomic E-state index is 12.3. The van der Waals surface area contributed by atoms with Gasteiger partial charge in [-0.05, 0) is 18.6 Å². The molecule has 0 aliphatic carbocycles. The molecule has 0 amide bonds. The van der Waals surface area contributed by atoms with Gasteiger partial charge in [0.25, 0.3) is 0 Å². The van der Waals surface area contributed by atoms with Gasteiger partial charge in [-0.15, -0.1) is 12.4 Å². The molecule has 4 nitrogen and oxygen atoms in total. The molecule has 0 heterocycles. The van der Waals surface area contributed by atoms with E-state index in [1.54, 1.807) is 19.2 Å². The first kappa shape index (κ1) is 16.8. The average Bonchev–Trinajstić information content (AvgIpc) is 2.36. The van der Waals surface area contributed by atoms with E-state index in [0.717, 1.165) is 0 Å². The summed E-state index contributed by atoms with van der Waals surface area (Å²) in [5.41, 5.74) is 6.59. The van der Waals surface area contributed by atoms with Crippen LogP contribution in [0.1, 0.15) is 18.0 Å². The maximum Gasteiger partial charge on any atom is 0.203 e. The van der Waals surface area contributed by atoms with Gasteiger partial charge in [-0.2, -0.15) is 0 Å². The van der Waals surface area contributed by atoms with Crippen molar-refractivity contribution in [3.05, 3.63) is 17.7 Å². The van der Waals surface area contributed by atoms with Gasteiger partial charge in [-0.25, -0.2) is 0 Å². The number of benzene rings is 1. The highest BCUT2D eigenvalue weighted by atomic mass is 35.5. The van der Waals surface area contributed by atoms with Crippen LogP contribution in [-0.2, 0) is 0 Å². The van der Waals surface area contributed by atoms with Crippen molar-refractivity contribution in [1.29, 1.82) is 0 Å². The van der Waals surface area contributed by atoms with Crippen LogP contribution in [0, 0.1) is 0 Å². The Morgan fingerprint density at radius 3 is 2.17 bits per heavy atom. The Kier molecular flexibility index (Phi) is 7.47. The van der Waals surface area contributed by atoms with Crippen LogP contribution in [0.25, 0.3) is 0 Å². The molecule has 0 saturated carbocycles. The summed E-state index contributed by atoms with van der Waals surface area (Å²) in [6.45, 7) is -0.474. The largest absolute Gasteiger partial charge is 0.493 e. The summed E-state index contributed by atoms with van der Waals surface area (Å²) in [7, 11) is 4.58. The lowest BCUT2D eigenvalue weighted by atomic mass is 10.0. The van der Waals surface area contributed by atoms with Crippen molar-refractivity contribution in [2.75, 3.05) is 28.0 Å². The van der Waals surface area contributed by atoms with E-state index in [4.69, 9.17) is 19.9 Å². The molecule has 0 aliphatic rings. The van der Waals surface area contributed by atoms with Crippen molar-refractivity contribution in [3.63, 3.8) is 0 Å². The Balaban J connectivity index is 0.00000289. The van der Waals surface area contributed by atoms with Crippen molar-refractivity contribution < 1.29 is 18.6 Å². The molecule has 0 radical (unpaired) electrons. The SMILES string of the molecule is COc1ccc([C@@H](N)CCF)c(OC)c1OC.Cl. The van der Waals surface area contributed by atoms with Gasteiger partial charge in [-0.3, -0.25) is 4.39 Å². The molecule has 6 heteroatoms. The standard InChI is InChI=1S/C12H18FNO3.ClH/c1-15-10-5-4-8(9(14)6-7-13)11(16-2)12(10)17-3;/h4-5,9H,6-7,14H2,1-3H3;1H/t9-;/m0./s1. The van der Waals surface area contributed by atoms with Gasteiger partial charge in [0.05, 0.1) is 28.0 Å². The number of ether oxygens (including phenoxy) is 3. The van der Waals surface area contributed by atoms with Gasteiger partial charge < -0.3 is 19.9 Å². The van der Waals surface area contributed by atoms with Crippen LogP contribution in [0.2, 0.25) is 0 Å². The molecule has 0 saturated heterocycles. The molecule has 0 unspecified atom stereocenters. The molecule has 0 fully saturated rings. The normalized spacial score (nSPS) is 11.4. The first-order chi connectivity index (χ1) is 8.19. The van der Waals surface area contributed by atoms with E-state index in [2.05, 4.69) is 0 Å². The summed E-state index contributed by atoms with van der Waals surface area (Å²) in [5.74, 6) is 1.52. The van der Waals surface area contributed by atoms with Gasteiger partial charge in [0.1, 0.15) is 0 Å². The second kappa shape index (κ2) is 8.00. The number of hydrogen-bond donors (Lipinski definition) is 1. The summed E-state index contributed by atoms with van der Waals surface area (Å²) in [6, 6.07) is 3.07. The molecule has 104 valence electrons. The summed E-state index contributed by atoms with van der Waals surface area (Å²) in [4.78, 5) is 0. The molecule has 18 heavy (non-hydrogen) atoms. The highest BCUT2D eigenvalue weighted by Crippen LogP contribution is 2.42. The van der Waals surface area contributed by atoms with Crippen LogP contribution >= 0.6 is 12.4 Å². The molecule has 0 aromatic heterocycles. The number of alkyl halides is 1. The van der Waals surface area contributed by atoms with E-state index in [0.29, 0.717) is 22.8 Å². The average molecular weight is 280 g/mol. The fraction of sp³-hybridized carbons (Fsp3) is 0.500. The van der Waals surface area contributed by atoms with Crippen LogP contribution in [0.3, 0.4) is 0 Å².